The van der Waals surface area contributed by atoms with Gasteiger partial charge in [-0.1, -0.05) is 67.1 Å². The summed E-state index contributed by atoms with van der Waals surface area (Å²) in [5.41, 5.74) is 0.647. The number of hydrogen-bond acceptors (Lipinski definition) is 6. The maximum Gasteiger partial charge on any atom is 0.202 e. The second-order valence-electron chi connectivity index (χ2n) is 9.48. The Morgan fingerprint density at radius 3 is 1.47 bits per heavy atom. The van der Waals surface area contributed by atoms with Crippen LogP contribution < -0.4 is 0 Å². The van der Waals surface area contributed by atoms with Crippen LogP contribution in [-0.4, -0.2) is 29.3 Å². The molecule has 0 aliphatic heterocycles. The maximum atomic E-state index is 14.3. The van der Waals surface area contributed by atoms with Crippen LogP contribution in [0.4, 0.5) is 0 Å². The molecule has 2 aliphatic carbocycles. The Labute approximate surface area is 212 Å². The summed E-state index contributed by atoms with van der Waals surface area (Å²) in [6.07, 6.45) is -0.318. The zero-order valence-electron chi connectivity index (χ0n) is 19.6. The average Bonchev–Trinajstić information content (AvgIpc) is 2.89. The van der Waals surface area contributed by atoms with Crippen molar-refractivity contribution in [3.05, 3.63) is 101 Å². The quantitative estimate of drug-likeness (QED) is 0.443. The van der Waals surface area contributed by atoms with Gasteiger partial charge in [0.15, 0.2) is 23.8 Å². The molecule has 0 bridgehead atoms. The van der Waals surface area contributed by atoms with Gasteiger partial charge in [0.2, 0.25) is 9.84 Å². The lowest BCUT2D eigenvalue weighted by Crippen LogP contribution is -2.54. The van der Waals surface area contributed by atoms with E-state index in [1.165, 1.54) is 60.7 Å². The van der Waals surface area contributed by atoms with Crippen LogP contribution in [0.3, 0.4) is 0 Å². The smallest absolute Gasteiger partial charge is 0.202 e. The molecular weight excluding hydrogens is 516 g/mol. The molecule has 0 amide bonds. The monoisotopic (exact) mass is 542 g/mol. The topological polar surface area (TPSA) is 102 Å². The molecule has 2 unspecified atom stereocenters. The first kappa shape index (κ1) is 24.9. The normalized spacial score (nSPS) is 21.9. The molecule has 2 atom stereocenters. The number of hydrogen-bond donors (Lipinski definition) is 0. The molecule has 0 aromatic heterocycles. The standard InChI is InChI=1S/C27H26O6S3/c1-20-17-24-25(20)18-27(35(30,31)22-13-7-3-8-14-22,36(32,33)23-15-9-4-10-16-23)19-26(24)34(28,29)21-11-5-2-6-12-21/h2-16,20,25H,17-19H2,1H3. The van der Waals surface area contributed by atoms with E-state index in [4.69, 9.17) is 0 Å². The van der Waals surface area contributed by atoms with Gasteiger partial charge in [0, 0.05) is 6.42 Å². The highest BCUT2D eigenvalue weighted by atomic mass is 32.3. The highest BCUT2D eigenvalue weighted by Crippen LogP contribution is 2.58. The molecule has 1 saturated carbocycles. The van der Waals surface area contributed by atoms with Crippen molar-refractivity contribution in [2.24, 2.45) is 11.8 Å². The van der Waals surface area contributed by atoms with Gasteiger partial charge in [-0.3, -0.25) is 0 Å². The molecule has 0 N–H and O–H groups in total. The Morgan fingerprint density at radius 2 is 1.06 bits per heavy atom. The van der Waals surface area contributed by atoms with E-state index in [0.29, 0.717) is 12.0 Å². The Hall–Kier alpha value is -2.75. The fourth-order valence-electron chi connectivity index (χ4n) is 5.43. The van der Waals surface area contributed by atoms with E-state index in [9.17, 15) is 25.3 Å². The molecule has 36 heavy (non-hydrogen) atoms. The lowest BCUT2D eigenvalue weighted by molar-refractivity contribution is 0.252. The fraction of sp³-hybridized carbons (Fsp3) is 0.259. The Bertz CT molecular complexity index is 1570. The third-order valence-corrected chi connectivity index (χ3v) is 15.1. The minimum atomic E-state index is -4.54. The Kier molecular flexibility index (Phi) is 6.01. The van der Waals surface area contributed by atoms with Crippen molar-refractivity contribution in [3.8, 4) is 0 Å². The van der Waals surface area contributed by atoms with Crippen molar-refractivity contribution in [1.29, 1.82) is 0 Å². The third-order valence-electron chi connectivity index (χ3n) is 7.46. The molecule has 3 aromatic rings. The molecule has 0 radical (unpaired) electrons. The lowest BCUT2D eigenvalue weighted by Gasteiger charge is -2.49. The Morgan fingerprint density at radius 1 is 0.639 bits per heavy atom. The van der Waals surface area contributed by atoms with Crippen molar-refractivity contribution in [2.45, 2.75) is 45.0 Å². The van der Waals surface area contributed by atoms with Crippen LogP contribution in [0.5, 0.6) is 0 Å². The van der Waals surface area contributed by atoms with Crippen molar-refractivity contribution in [1.82, 2.24) is 0 Å². The summed E-state index contributed by atoms with van der Waals surface area (Å²) in [7, 11) is -13.2. The second kappa shape index (κ2) is 8.68. The van der Waals surface area contributed by atoms with Gasteiger partial charge in [0.1, 0.15) is 0 Å². The van der Waals surface area contributed by atoms with Crippen LogP contribution in [-0.2, 0) is 29.5 Å². The molecule has 0 saturated heterocycles. The molecule has 0 heterocycles. The Balaban J connectivity index is 1.81. The van der Waals surface area contributed by atoms with E-state index in [1.807, 2.05) is 6.92 Å². The highest BCUT2D eigenvalue weighted by molar-refractivity contribution is 8.10. The van der Waals surface area contributed by atoms with Crippen LogP contribution >= 0.6 is 0 Å². The number of benzene rings is 3. The van der Waals surface area contributed by atoms with Gasteiger partial charge in [0.05, 0.1) is 19.6 Å². The van der Waals surface area contributed by atoms with Gasteiger partial charge >= 0.3 is 0 Å². The first-order chi connectivity index (χ1) is 17.0. The van der Waals surface area contributed by atoms with Crippen molar-refractivity contribution in [2.75, 3.05) is 0 Å². The fourth-order valence-corrected chi connectivity index (χ4v) is 12.5. The number of rotatable bonds is 6. The van der Waals surface area contributed by atoms with E-state index in [0.717, 1.165) is 0 Å². The van der Waals surface area contributed by atoms with Crippen molar-refractivity contribution >= 4 is 29.5 Å². The van der Waals surface area contributed by atoms with Crippen molar-refractivity contribution < 1.29 is 25.3 Å². The summed E-state index contributed by atoms with van der Waals surface area (Å²) in [6, 6.07) is 22.7. The summed E-state index contributed by atoms with van der Waals surface area (Å²) in [6.45, 7) is 1.90. The predicted octanol–water partition coefficient (Wildman–Crippen LogP) is 4.81. The first-order valence-electron chi connectivity index (χ1n) is 11.6. The van der Waals surface area contributed by atoms with Crippen LogP contribution in [0.1, 0.15) is 26.2 Å². The molecule has 188 valence electrons. The summed E-state index contributed by atoms with van der Waals surface area (Å²) in [5.74, 6) is -0.512. The van der Waals surface area contributed by atoms with Gasteiger partial charge in [-0.25, -0.2) is 25.3 Å². The molecule has 5 rings (SSSR count). The summed E-state index contributed by atoms with van der Waals surface area (Å²) >= 11 is 0. The van der Waals surface area contributed by atoms with Crippen LogP contribution in [0.2, 0.25) is 0 Å². The van der Waals surface area contributed by atoms with Gasteiger partial charge in [-0.2, -0.15) is 0 Å². The van der Waals surface area contributed by atoms with Crippen LogP contribution in [0, 0.1) is 11.8 Å². The number of allylic oxidation sites excluding steroid dienone is 2. The molecule has 2 aliphatic rings. The summed E-state index contributed by atoms with van der Waals surface area (Å²) in [4.78, 5) is -0.342. The largest absolute Gasteiger partial charge is 0.222 e. The molecule has 6 nitrogen and oxygen atoms in total. The molecular formula is C27H26O6S3. The zero-order valence-corrected chi connectivity index (χ0v) is 22.1. The highest BCUT2D eigenvalue weighted by Gasteiger charge is 2.63. The number of fused-ring (bicyclic) bond motifs is 1. The molecule has 0 spiro atoms. The molecule has 3 aromatic carbocycles. The van der Waals surface area contributed by atoms with Gasteiger partial charge in [-0.05, 0) is 61.1 Å². The molecule has 9 heteroatoms. The number of sulfone groups is 3. The predicted molar refractivity (Wildman–Crippen MR) is 137 cm³/mol. The maximum absolute atomic E-state index is 14.3. The van der Waals surface area contributed by atoms with E-state index in [-0.39, 0.29) is 31.9 Å². The van der Waals surface area contributed by atoms with E-state index < -0.39 is 45.9 Å². The minimum Gasteiger partial charge on any atom is -0.222 e. The van der Waals surface area contributed by atoms with Crippen molar-refractivity contribution in [3.63, 3.8) is 0 Å². The summed E-state index contributed by atoms with van der Waals surface area (Å²) in [5, 5.41) is 0. The second-order valence-corrected chi connectivity index (χ2v) is 16.2. The molecule has 1 fully saturated rings. The average molecular weight is 543 g/mol. The van der Waals surface area contributed by atoms with Crippen LogP contribution in [0.25, 0.3) is 0 Å². The van der Waals surface area contributed by atoms with E-state index >= 15 is 0 Å². The first-order valence-corrected chi connectivity index (χ1v) is 16.1. The van der Waals surface area contributed by atoms with E-state index in [2.05, 4.69) is 0 Å². The summed E-state index contributed by atoms with van der Waals surface area (Å²) < 4.78 is 82.6. The SMILES string of the molecule is CC1CC2=C(S(=O)(=O)c3ccccc3)CC(S(=O)(=O)c3ccccc3)(S(=O)(=O)c3ccccc3)CC21. The van der Waals surface area contributed by atoms with Crippen LogP contribution in [0.15, 0.2) is 116 Å². The zero-order chi connectivity index (χ0) is 25.8. The lowest BCUT2D eigenvalue weighted by atomic mass is 9.65. The third kappa shape index (κ3) is 3.59. The van der Waals surface area contributed by atoms with Gasteiger partial charge < -0.3 is 0 Å². The van der Waals surface area contributed by atoms with Gasteiger partial charge in [-0.15, -0.1) is 0 Å². The minimum absolute atomic E-state index is 0.0239. The van der Waals surface area contributed by atoms with E-state index in [1.54, 1.807) is 30.3 Å². The van der Waals surface area contributed by atoms with Gasteiger partial charge in [0.25, 0.3) is 0 Å².